The first-order chi connectivity index (χ1) is 7.38. The molecule has 0 saturated carbocycles. The monoisotopic (exact) mass is 251 g/mol. The van der Waals surface area contributed by atoms with Gasteiger partial charge >= 0.3 is 0 Å². The van der Waals surface area contributed by atoms with Crippen LogP contribution < -0.4 is 4.72 Å². The highest BCUT2D eigenvalue weighted by Gasteiger charge is 2.20. The van der Waals surface area contributed by atoms with E-state index in [-0.39, 0.29) is 12.1 Å². The molecule has 0 bridgehead atoms. The highest BCUT2D eigenvalue weighted by Crippen LogP contribution is 2.18. The molecule has 2 N–H and O–H groups in total. The first kappa shape index (κ1) is 13.0. The van der Waals surface area contributed by atoms with Gasteiger partial charge in [-0.1, -0.05) is 0 Å². The van der Waals surface area contributed by atoms with Crippen LogP contribution >= 0.6 is 0 Å². The SMILES string of the molecule is Cc1cc(F)c(S(=O)(=O)NCCO)cc1F. The number of nitrogens with one attached hydrogen (secondary N) is 1. The molecule has 0 radical (unpaired) electrons. The molecular weight excluding hydrogens is 240 g/mol. The molecule has 16 heavy (non-hydrogen) atoms. The molecule has 0 fully saturated rings. The molecule has 90 valence electrons. The van der Waals surface area contributed by atoms with Crippen molar-refractivity contribution in [3.8, 4) is 0 Å². The first-order valence-corrected chi connectivity index (χ1v) is 5.93. The van der Waals surface area contributed by atoms with E-state index in [1.54, 1.807) is 0 Å². The summed E-state index contributed by atoms with van der Waals surface area (Å²) in [6.07, 6.45) is 0. The third-order valence-corrected chi connectivity index (χ3v) is 3.38. The Bertz CT molecular complexity index is 488. The number of halogens is 2. The normalized spacial score (nSPS) is 11.8. The van der Waals surface area contributed by atoms with Crippen LogP contribution in [0.25, 0.3) is 0 Å². The minimum absolute atomic E-state index is 0.0265. The average Bonchev–Trinajstić information content (AvgIpc) is 2.20. The molecule has 0 aliphatic carbocycles. The Morgan fingerprint density at radius 1 is 1.31 bits per heavy atom. The van der Waals surface area contributed by atoms with Crippen LogP contribution in [-0.2, 0) is 10.0 Å². The van der Waals surface area contributed by atoms with Crippen LogP contribution in [0.3, 0.4) is 0 Å². The molecule has 1 aromatic rings. The van der Waals surface area contributed by atoms with Crippen LogP contribution in [0.15, 0.2) is 17.0 Å². The third-order valence-electron chi connectivity index (χ3n) is 1.91. The molecule has 0 aliphatic rings. The summed E-state index contributed by atoms with van der Waals surface area (Å²) in [5, 5.41) is 8.45. The minimum Gasteiger partial charge on any atom is -0.395 e. The van der Waals surface area contributed by atoms with E-state index in [0.717, 1.165) is 6.07 Å². The van der Waals surface area contributed by atoms with Crippen molar-refractivity contribution in [2.24, 2.45) is 0 Å². The molecular formula is C9H11F2NO3S. The molecule has 4 nitrogen and oxygen atoms in total. The summed E-state index contributed by atoms with van der Waals surface area (Å²) in [4.78, 5) is -0.760. The fourth-order valence-electron chi connectivity index (χ4n) is 1.09. The summed E-state index contributed by atoms with van der Waals surface area (Å²) in [5.41, 5.74) is 0.0265. The average molecular weight is 251 g/mol. The smallest absolute Gasteiger partial charge is 0.243 e. The number of sulfonamides is 1. The van der Waals surface area contributed by atoms with Gasteiger partial charge in [-0.3, -0.25) is 0 Å². The lowest BCUT2D eigenvalue weighted by Crippen LogP contribution is -2.27. The van der Waals surface area contributed by atoms with Crippen LogP contribution in [0.2, 0.25) is 0 Å². The predicted molar refractivity (Wildman–Crippen MR) is 53.4 cm³/mol. The Morgan fingerprint density at radius 2 is 1.94 bits per heavy atom. The Labute approximate surface area is 92.0 Å². The second kappa shape index (κ2) is 4.86. The van der Waals surface area contributed by atoms with E-state index in [4.69, 9.17) is 5.11 Å². The minimum atomic E-state index is -4.12. The summed E-state index contributed by atoms with van der Waals surface area (Å²) < 4.78 is 51.2. The number of rotatable bonds is 4. The van der Waals surface area contributed by atoms with Gasteiger partial charge in [0.1, 0.15) is 16.5 Å². The maximum Gasteiger partial charge on any atom is 0.243 e. The molecule has 1 aromatic carbocycles. The largest absolute Gasteiger partial charge is 0.395 e. The van der Waals surface area contributed by atoms with Crippen LogP contribution in [0, 0.1) is 18.6 Å². The van der Waals surface area contributed by atoms with Crippen molar-refractivity contribution in [3.05, 3.63) is 29.3 Å². The lowest BCUT2D eigenvalue weighted by Gasteiger charge is -2.07. The molecule has 7 heteroatoms. The summed E-state index contributed by atoms with van der Waals surface area (Å²) >= 11 is 0. The fraction of sp³-hybridized carbons (Fsp3) is 0.333. The van der Waals surface area contributed by atoms with Crippen molar-refractivity contribution in [2.45, 2.75) is 11.8 Å². The van der Waals surface area contributed by atoms with E-state index in [9.17, 15) is 17.2 Å². The van der Waals surface area contributed by atoms with Crippen molar-refractivity contribution in [1.29, 1.82) is 0 Å². The highest BCUT2D eigenvalue weighted by atomic mass is 32.2. The van der Waals surface area contributed by atoms with Crippen molar-refractivity contribution in [1.82, 2.24) is 4.72 Å². The van der Waals surface area contributed by atoms with Crippen molar-refractivity contribution in [2.75, 3.05) is 13.2 Å². The third kappa shape index (κ3) is 2.75. The summed E-state index contributed by atoms with van der Waals surface area (Å²) in [6.45, 7) is 0.655. The number of hydrogen-bond acceptors (Lipinski definition) is 3. The van der Waals surface area contributed by atoms with Gasteiger partial charge in [0.05, 0.1) is 6.61 Å². The maximum atomic E-state index is 13.3. The number of hydrogen-bond donors (Lipinski definition) is 2. The molecule has 0 aliphatic heterocycles. The van der Waals surface area contributed by atoms with Crippen molar-refractivity contribution in [3.63, 3.8) is 0 Å². The Morgan fingerprint density at radius 3 is 2.50 bits per heavy atom. The number of aliphatic hydroxyl groups excluding tert-OH is 1. The van der Waals surface area contributed by atoms with Gasteiger partial charge in [-0.05, 0) is 24.6 Å². The molecule has 0 unspecified atom stereocenters. The number of aliphatic hydroxyl groups is 1. The van der Waals surface area contributed by atoms with E-state index < -0.39 is 33.2 Å². The van der Waals surface area contributed by atoms with Crippen LogP contribution in [0.5, 0.6) is 0 Å². The maximum absolute atomic E-state index is 13.3. The van der Waals surface area contributed by atoms with E-state index in [1.807, 2.05) is 4.72 Å². The summed E-state index contributed by atoms with van der Waals surface area (Å²) in [5.74, 6) is -1.82. The molecule has 0 aromatic heterocycles. The predicted octanol–water partition coefficient (Wildman–Crippen LogP) is 0.544. The molecule has 0 spiro atoms. The van der Waals surface area contributed by atoms with E-state index in [1.165, 1.54) is 6.92 Å². The van der Waals surface area contributed by atoms with Gasteiger partial charge in [0, 0.05) is 6.54 Å². The van der Waals surface area contributed by atoms with Gasteiger partial charge in [0.15, 0.2) is 0 Å². The summed E-state index contributed by atoms with van der Waals surface area (Å²) in [7, 11) is -4.12. The lowest BCUT2D eigenvalue weighted by molar-refractivity contribution is 0.301. The zero-order valence-corrected chi connectivity index (χ0v) is 9.31. The Balaban J connectivity index is 3.18. The quantitative estimate of drug-likeness (QED) is 0.821. The molecule has 0 heterocycles. The number of aryl methyl sites for hydroxylation is 1. The van der Waals surface area contributed by atoms with E-state index in [0.29, 0.717) is 6.07 Å². The van der Waals surface area contributed by atoms with Crippen LogP contribution in [0.4, 0.5) is 8.78 Å². The second-order valence-electron chi connectivity index (χ2n) is 3.15. The van der Waals surface area contributed by atoms with Gasteiger partial charge in [-0.2, -0.15) is 0 Å². The Kier molecular flexibility index (Phi) is 3.95. The summed E-state index contributed by atoms with van der Waals surface area (Å²) in [6, 6.07) is 1.42. The second-order valence-corrected chi connectivity index (χ2v) is 4.89. The molecule has 0 saturated heterocycles. The van der Waals surface area contributed by atoms with Crippen LogP contribution in [0.1, 0.15) is 5.56 Å². The molecule has 0 amide bonds. The van der Waals surface area contributed by atoms with Crippen molar-refractivity contribution < 1.29 is 22.3 Å². The standard InChI is InChI=1S/C9H11F2NO3S/c1-6-4-8(11)9(5-7(6)10)16(14,15)12-2-3-13/h4-5,12-13H,2-3H2,1H3. The Hall–Kier alpha value is -1.05. The highest BCUT2D eigenvalue weighted by molar-refractivity contribution is 7.89. The van der Waals surface area contributed by atoms with E-state index >= 15 is 0 Å². The zero-order chi connectivity index (χ0) is 12.3. The first-order valence-electron chi connectivity index (χ1n) is 4.44. The lowest BCUT2D eigenvalue weighted by atomic mass is 10.2. The van der Waals surface area contributed by atoms with Gasteiger partial charge < -0.3 is 5.11 Å². The van der Waals surface area contributed by atoms with E-state index in [2.05, 4.69) is 0 Å². The zero-order valence-electron chi connectivity index (χ0n) is 8.50. The van der Waals surface area contributed by atoms with Gasteiger partial charge in [-0.15, -0.1) is 0 Å². The van der Waals surface area contributed by atoms with Gasteiger partial charge in [0.25, 0.3) is 0 Å². The number of benzene rings is 1. The van der Waals surface area contributed by atoms with Crippen LogP contribution in [-0.4, -0.2) is 26.7 Å². The molecule has 0 atom stereocenters. The fourth-order valence-corrected chi connectivity index (χ4v) is 2.18. The van der Waals surface area contributed by atoms with Gasteiger partial charge in [0.2, 0.25) is 10.0 Å². The topological polar surface area (TPSA) is 66.4 Å². The van der Waals surface area contributed by atoms with Gasteiger partial charge in [-0.25, -0.2) is 21.9 Å². The van der Waals surface area contributed by atoms with Crippen molar-refractivity contribution >= 4 is 10.0 Å². The molecule has 1 rings (SSSR count).